The molecule has 0 aromatic carbocycles. The van der Waals surface area contributed by atoms with Crippen molar-refractivity contribution < 1.29 is 9.90 Å². The maximum Gasteiger partial charge on any atom is 0.342 e. The average Bonchev–Trinajstić information content (AvgIpc) is 2.39. The maximum absolute atomic E-state index is 12.3. The van der Waals surface area contributed by atoms with Gasteiger partial charge in [0.1, 0.15) is 5.56 Å². The molecule has 0 saturated carbocycles. The van der Waals surface area contributed by atoms with Crippen molar-refractivity contribution in [3.8, 4) is 5.69 Å². The molecule has 0 spiro atoms. The lowest BCUT2D eigenvalue weighted by Crippen LogP contribution is -2.41. The summed E-state index contributed by atoms with van der Waals surface area (Å²) in [6.45, 7) is 3.46. The molecule has 0 fully saturated rings. The van der Waals surface area contributed by atoms with Crippen LogP contribution in [0.1, 0.15) is 30.2 Å². The zero-order valence-corrected chi connectivity index (χ0v) is 11.0. The van der Waals surface area contributed by atoms with E-state index >= 15 is 0 Å². The number of aromatic carboxylic acids is 1. The Labute approximate surface area is 113 Å². The van der Waals surface area contributed by atoms with Gasteiger partial charge < -0.3 is 5.11 Å². The molecule has 104 valence electrons. The smallest absolute Gasteiger partial charge is 0.342 e. The van der Waals surface area contributed by atoms with Crippen LogP contribution in [0.15, 0.2) is 40.3 Å². The summed E-state index contributed by atoms with van der Waals surface area (Å²) in [5.41, 5.74) is -1.60. The lowest BCUT2D eigenvalue weighted by molar-refractivity contribution is 0.0693. The molecule has 0 bridgehead atoms. The van der Waals surface area contributed by atoms with Crippen molar-refractivity contribution in [2.45, 2.75) is 19.9 Å². The fourth-order valence-corrected chi connectivity index (χ4v) is 1.81. The van der Waals surface area contributed by atoms with Crippen molar-refractivity contribution in [2.75, 3.05) is 0 Å². The van der Waals surface area contributed by atoms with Crippen LogP contribution >= 0.6 is 0 Å². The molecule has 0 radical (unpaired) electrons. The largest absolute Gasteiger partial charge is 0.477 e. The van der Waals surface area contributed by atoms with Gasteiger partial charge >= 0.3 is 11.7 Å². The van der Waals surface area contributed by atoms with Gasteiger partial charge in [-0.15, -0.1) is 0 Å². The van der Waals surface area contributed by atoms with Crippen LogP contribution in [0, 0.1) is 0 Å². The van der Waals surface area contributed by atoms with Crippen molar-refractivity contribution in [3.63, 3.8) is 0 Å². The molecule has 1 N–H and O–H groups in total. The number of carboxylic acids is 1. The minimum atomic E-state index is -1.37. The summed E-state index contributed by atoms with van der Waals surface area (Å²) in [4.78, 5) is 39.4. The average molecular weight is 275 g/mol. The molecule has 0 saturated heterocycles. The quantitative estimate of drug-likeness (QED) is 0.888. The van der Waals surface area contributed by atoms with Gasteiger partial charge in [0, 0.05) is 24.6 Å². The first-order valence-electron chi connectivity index (χ1n) is 5.95. The Balaban J connectivity index is 2.90. The van der Waals surface area contributed by atoms with Crippen molar-refractivity contribution >= 4 is 5.97 Å². The second-order valence-electron chi connectivity index (χ2n) is 4.48. The highest BCUT2D eigenvalue weighted by molar-refractivity contribution is 5.86. The number of carbonyl (C=O) groups is 1. The molecule has 0 amide bonds. The Morgan fingerprint density at radius 2 is 1.85 bits per heavy atom. The highest BCUT2D eigenvalue weighted by atomic mass is 16.4. The Bertz CT molecular complexity index is 759. The topological polar surface area (TPSA) is 94.2 Å². The number of nitrogens with zero attached hydrogens (tertiary/aromatic N) is 3. The van der Waals surface area contributed by atoms with Crippen LogP contribution in [0.25, 0.3) is 5.69 Å². The summed E-state index contributed by atoms with van der Waals surface area (Å²) in [6, 6.07) is 2.67. The Hall–Kier alpha value is -2.70. The summed E-state index contributed by atoms with van der Waals surface area (Å²) in [5, 5.41) is 9.09. The van der Waals surface area contributed by atoms with Gasteiger partial charge in [-0.1, -0.05) is 0 Å². The fraction of sp³-hybridized carbons (Fsp3) is 0.231. The molecule has 0 aliphatic carbocycles. The van der Waals surface area contributed by atoms with Gasteiger partial charge in [-0.05, 0) is 26.0 Å². The van der Waals surface area contributed by atoms with Crippen LogP contribution in [0.3, 0.4) is 0 Å². The predicted octanol–water partition coefficient (Wildman–Crippen LogP) is 0.673. The second-order valence-corrected chi connectivity index (χ2v) is 4.48. The number of aromatic nitrogens is 3. The Morgan fingerprint density at radius 1 is 1.25 bits per heavy atom. The zero-order valence-electron chi connectivity index (χ0n) is 11.0. The van der Waals surface area contributed by atoms with Gasteiger partial charge in [0.05, 0.1) is 5.69 Å². The first-order valence-corrected chi connectivity index (χ1v) is 5.95. The van der Waals surface area contributed by atoms with E-state index in [1.165, 1.54) is 29.1 Å². The number of hydrogen-bond acceptors (Lipinski definition) is 4. The monoisotopic (exact) mass is 275 g/mol. The number of carboxylic acid groups (broad SMARTS) is 1. The molecule has 2 rings (SSSR count). The van der Waals surface area contributed by atoms with Gasteiger partial charge in [-0.25, -0.2) is 14.2 Å². The lowest BCUT2D eigenvalue weighted by Gasteiger charge is -2.14. The first kappa shape index (κ1) is 13.7. The predicted molar refractivity (Wildman–Crippen MR) is 71.4 cm³/mol. The Morgan fingerprint density at radius 3 is 2.35 bits per heavy atom. The number of hydrogen-bond donors (Lipinski definition) is 1. The molecule has 7 nitrogen and oxygen atoms in total. The normalized spacial score (nSPS) is 10.8. The van der Waals surface area contributed by atoms with E-state index in [9.17, 15) is 14.4 Å². The molecule has 2 heterocycles. The van der Waals surface area contributed by atoms with E-state index in [0.717, 1.165) is 10.8 Å². The third kappa shape index (κ3) is 2.25. The van der Waals surface area contributed by atoms with Crippen LogP contribution in [0.2, 0.25) is 0 Å². The molecule has 0 atom stereocenters. The first-order chi connectivity index (χ1) is 9.43. The van der Waals surface area contributed by atoms with E-state index in [-0.39, 0.29) is 11.7 Å². The van der Waals surface area contributed by atoms with Crippen LogP contribution in [0.4, 0.5) is 0 Å². The van der Waals surface area contributed by atoms with Gasteiger partial charge in [-0.2, -0.15) is 0 Å². The lowest BCUT2D eigenvalue weighted by atomic mass is 10.3. The fourth-order valence-electron chi connectivity index (χ4n) is 1.81. The molecule has 2 aromatic heterocycles. The van der Waals surface area contributed by atoms with Gasteiger partial charge in [0.15, 0.2) is 0 Å². The summed E-state index contributed by atoms with van der Waals surface area (Å²) in [6.07, 6.45) is 3.93. The van der Waals surface area contributed by atoms with E-state index in [0.29, 0.717) is 0 Å². The van der Waals surface area contributed by atoms with Crippen LogP contribution in [-0.4, -0.2) is 25.2 Å². The zero-order chi connectivity index (χ0) is 14.9. The Kier molecular flexibility index (Phi) is 3.51. The van der Waals surface area contributed by atoms with E-state index in [1.807, 2.05) is 0 Å². The van der Waals surface area contributed by atoms with E-state index in [4.69, 9.17) is 5.11 Å². The number of rotatable bonds is 3. The summed E-state index contributed by atoms with van der Waals surface area (Å²) >= 11 is 0. The standard InChI is InChI=1S/C13H13N3O4/c1-8(2)15-7-10(12(18)19)11(17)16(13(15)20)9-3-5-14-6-4-9/h3-8H,1-2H3,(H,18,19). The summed E-state index contributed by atoms with van der Waals surface area (Å²) in [5.74, 6) is -1.37. The molecule has 2 aromatic rings. The van der Waals surface area contributed by atoms with E-state index < -0.39 is 22.8 Å². The summed E-state index contributed by atoms with van der Waals surface area (Å²) < 4.78 is 2.05. The SMILES string of the molecule is CC(C)n1cc(C(=O)O)c(=O)n(-c2ccncc2)c1=O. The van der Waals surface area contributed by atoms with E-state index in [2.05, 4.69) is 4.98 Å². The van der Waals surface area contributed by atoms with Crippen LogP contribution in [0.5, 0.6) is 0 Å². The van der Waals surface area contributed by atoms with Crippen LogP contribution in [-0.2, 0) is 0 Å². The van der Waals surface area contributed by atoms with Gasteiger partial charge in [0.25, 0.3) is 5.56 Å². The van der Waals surface area contributed by atoms with Crippen molar-refractivity contribution in [1.29, 1.82) is 0 Å². The minimum Gasteiger partial charge on any atom is -0.477 e. The van der Waals surface area contributed by atoms with Gasteiger partial charge in [-0.3, -0.25) is 14.3 Å². The van der Waals surface area contributed by atoms with Crippen molar-refractivity contribution in [3.05, 3.63) is 57.1 Å². The third-order valence-corrected chi connectivity index (χ3v) is 2.82. The molecule has 7 heteroatoms. The second kappa shape index (κ2) is 5.12. The summed E-state index contributed by atoms with van der Waals surface area (Å²) in [7, 11) is 0. The van der Waals surface area contributed by atoms with Crippen molar-refractivity contribution in [2.24, 2.45) is 0 Å². The van der Waals surface area contributed by atoms with Crippen LogP contribution < -0.4 is 11.2 Å². The molecule has 0 unspecified atom stereocenters. The molecule has 20 heavy (non-hydrogen) atoms. The molecular formula is C13H13N3O4. The molecule has 0 aliphatic heterocycles. The van der Waals surface area contributed by atoms with Crippen molar-refractivity contribution in [1.82, 2.24) is 14.1 Å². The number of pyridine rings is 1. The minimum absolute atomic E-state index is 0.269. The maximum atomic E-state index is 12.3. The molecular weight excluding hydrogens is 262 g/mol. The highest BCUT2D eigenvalue weighted by Gasteiger charge is 2.18. The third-order valence-electron chi connectivity index (χ3n) is 2.82. The van der Waals surface area contributed by atoms with Gasteiger partial charge in [0.2, 0.25) is 0 Å². The van der Waals surface area contributed by atoms with E-state index in [1.54, 1.807) is 13.8 Å². The highest BCUT2D eigenvalue weighted by Crippen LogP contribution is 2.04. The molecule has 0 aliphatic rings.